The Labute approximate surface area is 627 Å². The van der Waals surface area contributed by atoms with Crippen LogP contribution in [-0.2, 0) is 23.9 Å². The van der Waals surface area contributed by atoms with E-state index in [9.17, 15) is 15.3 Å². The van der Waals surface area contributed by atoms with Gasteiger partial charge in [-0.25, -0.2) is 0 Å². The minimum Gasteiger partial charge on any atom is -0.371 e. The van der Waals surface area contributed by atoms with E-state index < -0.39 is 59.8 Å². The van der Waals surface area contributed by atoms with Crippen molar-refractivity contribution in [1.82, 2.24) is 30.7 Å². The highest BCUT2D eigenvalue weighted by Gasteiger charge is 2.46. The van der Waals surface area contributed by atoms with Crippen LogP contribution in [0.4, 0.5) is 0 Å². The van der Waals surface area contributed by atoms with Gasteiger partial charge in [0.15, 0.2) is 6.29 Å². The number of unbranched alkanes of at least 4 members (excludes halogenated alkanes) is 33. The van der Waals surface area contributed by atoms with Crippen LogP contribution in [0.5, 0.6) is 0 Å². The standard InChI is InChI=1S/C89H150N6O8/c1-4-7-10-13-16-19-22-25-28-31-34-46-61-80(77-55-40-37-41-56-77)84(96)90-87(99,64-73-93-67-49-50-68-93)76-83(102-88(100,65-74-94-69-51-52-70-94)91-85(97)81(78-57-42-38-43-58-78)62-47-35-32-29-26-23-20-17-14-11-8-5-2)103-89(101,66-75-95-71-53-54-72-95)92-86(98)82(79-59-44-39-45-60-79)63-48-36-33-30-27-24-21-18-15-12-9-6-3/h37-45,55-60,80-83,99-101H,4-36,46-54,61-76H2,1-3H3,(H,90,96)(H,91,97)(H,92,98). The third kappa shape index (κ3) is 37.4. The number of amides is 3. The zero-order valence-electron chi connectivity index (χ0n) is 65.7. The second kappa shape index (κ2) is 53.5. The molecule has 3 aromatic rings. The first-order chi connectivity index (χ1) is 50.3. The molecule has 3 aliphatic rings. The number of carbonyl (C=O) groups excluding carboxylic acids is 3. The molecular weight excluding hydrogens is 1280 g/mol. The Hall–Kier alpha value is -4.25. The fourth-order valence-corrected chi connectivity index (χ4v) is 16.2. The summed E-state index contributed by atoms with van der Waals surface area (Å²) in [6, 6.07) is 29.5. The van der Waals surface area contributed by atoms with Gasteiger partial charge in [0, 0.05) is 45.3 Å². The van der Waals surface area contributed by atoms with Crippen molar-refractivity contribution in [3.63, 3.8) is 0 Å². The summed E-state index contributed by atoms with van der Waals surface area (Å²) in [5, 5.41) is 50.3. The summed E-state index contributed by atoms with van der Waals surface area (Å²) >= 11 is 0. The van der Waals surface area contributed by atoms with Gasteiger partial charge < -0.3 is 55.4 Å². The Kier molecular flexibility index (Phi) is 45.6. The second-order valence-corrected chi connectivity index (χ2v) is 31.8. The van der Waals surface area contributed by atoms with Crippen LogP contribution >= 0.6 is 0 Å². The molecule has 6 rings (SSSR count). The van der Waals surface area contributed by atoms with Gasteiger partial charge in [-0.05, 0) is 114 Å². The topological polar surface area (TPSA) is 176 Å². The summed E-state index contributed by atoms with van der Waals surface area (Å²) in [7, 11) is 0. The van der Waals surface area contributed by atoms with E-state index in [2.05, 4.69) is 51.4 Å². The molecule has 0 saturated carbocycles. The number of nitrogens with zero attached hydrogens (tertiary/aromatic N) is 3. The number of benzene rings is 3. The highest BCUT2D eigenvalue weighted by Crippen LogP contribution is 2.34. The van der Waals surface area contributed by atoms with Crippen LogP contribution in [0.15, 0.2) is 91.0 Å². The number of carbonyl (C=O) groups is 3. The summed E-state index contributed by atoms with van der Waals surface area (Å²) < 4.78 is 14.2. The molecule has 3 amide bonds. The molecule has 0 bridgehead atoms. The number of aliphatic hydroxyl groups is 3. The van der Waals surface area contributed by atoms with Gasteiger partial charge in [-0.2, -0.15) is 0 Å². The monoisotopic (exact) mass is 1430 g/mol. The van der Waals surface area contributed by atoms with Gasteiger partial charge in [0.2, 0.25) is 17.7 Å². The molecule has 3 aromatic carbocycles. The molecule has 0 spiro atoms. The third-order valence-corrected chi connectivity index (χ3v) is 22.7. The van der Waals surface area contributed by atoms with E-state index in [1.807, 2.05) is 91.0 Å². The molecule has 103 heavy (non-hydrogen) atoms. The molecule has 0 radical (unpaired) electrons. The molecule has 584 valence electrons. The Balaban J connectivity index is 1.32. The lowest BCUT2D eigenvalue weighted by molar-refractivity contribution is -0.371. The third-order valence-electron chi connectivity index (χ3n) is 22.7. The van der Waals surface area contributed by atoms with Crippen molar-refractivity contribution in [2.75, 3.05) is 58.9 Å². The maximum absolute atomic E-state index is 15.5. The van der Waals surface area contributed by atoms with Crippen LogP contribution in [-0.4, -0.2) is 130 Å². The van der Waals surface area contributed by atoms with Crippen molar-refractivity contribution < 1.29 is 39.2 Å². The maximum atomic E-state index is 15.5. The van der Waals surface area contributed by atoms with Crippen LogP contribution in [0.25, 0.3) is 0 Å². The lowest BCUT2D eigenvalue weighted by atomic mass is 9.91. The average molecular weight is 1430 g/mol. The Morgan fingerprint density at radius 1 is 0.340 bits per heavy atom. The molecule has 3 fully saturated rings. The van der Waals surface area contributed by atoms with Gasteiger partial charge in [-0.1, -0.05) is 343 Å². The minimum absolute atomic E-state index is 0.0693. The van der Waals surface area contributed by atoms with Crippen molar-refractivity contribution >= 4 is 17.7 Å². The van der Waals surface area contributed by atoms with E-state index in [1.165, 1.54) is 161 Å². The fraction of sp³-hybridized carbons (Fsp3) is 0.764. The van der Waals surface area contributed by atoms with E-state index >= 15 is 14.4 Å². The Bertz CT molecular complexity index is 2310. The number of hydrogen-bond donors (Lipinski definition) is 6. The predicted molar refractivity (Wildman–Crippen MR) is 425 cm³/mol. The molecule has 14 heteroatoms. The summed E-state index contributed by atoms with van der Waals surface area (Å²) in [5.41, 5.74) is 0.489. The SMILES string of the molecule is CCCCCCCCCCCCCCC(C(=O)NC(O)(CCN1CCCC1)CC(OC(O)(CCN1CCCC1)NC(=O)C(CCCCCCCCCCCCCC)c1ccccc1)OC(O)(CCN1CCCC1)NC(=O)C(CCCCCCCCCCCCCC)c1ccccc1)c1ccccc1. The first kappa shape index (κ1) is 87.7. The van der Waals surface area contributed by atoms with Gasteiger partial charge >= 0.3 is 0 Å². The van der Waals surface area contributed by atoms with E-state index in [0.717, 1.165) is 165 Å². The number of nitrogens with one attached hydrogen (secondary N) is 3. The lowest BCUT2D eigenvalue weighted by Crippen LogP contribution is -2.61. The molecule has 6 atom stereocenters. The van der Waals surface area contributed by atoms with Crippen molar-refractivity contribution in [2.24, 2.45) is 0 Å². The Morgan fingerprint density at radius 2 is 0.573 bits per heavy atom. The molecule has 6 N–H and O–H groups in total. The predicted octanol–water partition coefficient (Wildman–Crippen LogP) is 20.1. The second-order valence-electron chi connectivity index (χ2n) is 31.8. The Morgan fingerprint density at radius 3 is 0.835 bits per heavy atom. The number of ether oxygens (including phenoxy) is 2. The first-order valence-electron chi connectivity index (χ1n) is 43.1. The zero-order valence-corrected chi connectivity index (χ0v) is 65.7. The van der Waals surface area contributed by atoms with Crippen molar-refractivity contribution in [1.29, 1.82) is 0 Å². The molecular formula is C89H150N6O8. The normalized spacial score (nSPS) is 17.5. The van der Waals surface area contributed by atoms with Crippen molar-refractivity contribution in [2.45, 2.75) is 377 Å². The number of likely N-dealkylation sites (tertiary alicyclic amines) is 3. The maximum Gasteiger partial charge on any atom is 0.252 e. The number of hydrogen-bond acceptors (Lipinski definition) is 11. The minimum atomic E-state index is -2.42. The average Bonchev–Trinajstić information content (AvgIpc) is 0.987. The van der Waals surface area contributed by atoms with Crippen molar-refractivity contribution in [3.8, 4) is 0 Å². The quantitative estimate of drug-likeness (QED) is 0.0234. The van der Waals surface area contributed by atoms with Crippen LogP contribution in [0.2, 0.25) is 0 Å². The van der Waals surface area contributed by atoms with Crippen LogP contribution in [0.3, 0.4) is 0 Å². The van der Waals surface area contributed by atoms with E-state index in [4.69, 9.17) is 9.47 Å². The zero-order chi connectivity index (χ0) is 73.2. The van der Waals surface area contributed by atoms with Crippen LogP contribution in [0, 0.1) is 0 Å². The van der Waals surface area contributed by atoms with E-state index in [0.29, 0.717) is 38.9 Å². The fourth-order valence-electron chi connectivity index (χ4n) is 16.2. The molecule has 3 aliphatic heterocycles. The lowest BCUT2D eigenvalue weighted by Gasteiger charge is -2.42. The first-order valence-corrected chi connectivity index (χ1v) is 43.1. The highest BCUT2D eigenvalue weighted by atomic mass is 16.8. The molecule has 14 nitrogen and oxygen atoms in total. The van der Waals surface area contributed by atoms with Gasteiger partial charge in [0.05, 0.1) is 17.8 Å². The van der Waals surface area contributed by atoms with Gasteiger partial charge in [-0.15, -0.1) is 0 Å². The van der Waals surface area contributed by atoms with Crippen LogP contribution in [0.1, 0.15) is 370 Å². The molecule has 6 unspecified atom stereocenters. The summed E-state index contributed by atoms with van der Waals surface area (Å²) in [6.07, 6.45) is 48.7. The molecule has 3 saturated heterocycles. The highest BCUT2D eigenvalue weighted by molar-refractivity contribution is 5.85. The van der Waals surface area contributed by atoms with Gasteiger partial charge in [-0.3, -0.25) is 14.4 Å². The van der Waals surface area contributed by atoms with Gasteiger partial charge in [0.1, 0.15) is 5.72 Å². The summed E-state index contributed by atoms with van der Waals surface area (Å²) in [4.78, 5) is 53.3. The van der Waals surface area contributed by atoms with Crippen LogP contribution < -0.4 is 16.0 Å². The largest absolute Gasteiger partial charge is 0.371 e. The summed E-state index contributed by atoms with van der Waals surface area (Å²) in [5.74, 6) is -7.82. The molecule has 0 aromatic heterocycles. The van der Waals surface area contributed by atoms with E-state index in [-0.39, 0.29) is 25.2 Å². The number of rotatable bonds is 63. The molecule has 0 aliphatic carbocycles. The van der Waals surface area contributed by atoms with Crippen molar-refractivity contribution in [3.05, 3.63) is 108 Å². The van der Waals surface area contributed by atoms with E-state index in [1.54, 1.807) is 0 Å². The molecule has 3 heterocycles. The van der Waals surface area contributed by atoms with Gasteiger partial charge in [0.25, 0.3) is 11.8 Å². The smallest absolute Gasteiger partial charge is 0.252 e. The summed E-state index contributed by atoms with van der Waals surface area (Å²) in [6.45, 7) is 13.0.